The number of allylic oxidation sites excluding steroid dienone is 3. The molecule has 7 heteroatoms. The molecule has 2 aliphatic rings. The van der Waals surface area contributed by atoms with Crippen LogP contribution in [0, 0.1) is 0 Å². The van der Waals surface area contributed by atoms with Gasteiger partial charge >= 0.3 is 5.97 Å². The molecule has 1 N–H and O–H groups in total. The van der Waals surface area contributed by atoms with Crippen LogP contribution >= 0.6 is 0 Å². The molecule has 0 spiro atoms. The lowest BCUT2D eigenvalue weighted by molar-refractivity contribution is -0.139. The van der Waals surface area contributed by atoms with Gasteiger partial charge in [0.25, 0.3) is 0 Å². The molecular formula is C31H37NO6. The van der Waals surface area contributed by atoms with E-state index in [-0.39, 0.29) is 17.8 Å². The zero-order valence-corrected chi connectivity index (χ0v) is 23.1. The van der Waals surface area contributed by atoms with Gasteiger partial charge in [-0.2, -0.15) is 0 Å². The minimum atomic E-state index is -0.579. The number of para-hydroxylation sites is 1. The van der Waals surface area contributed by atoms with Gasteiger partial charge in [-0.05, 0) is 63.3 Å². The molecule has 202 valence electrons. The minimum absolute atomic E-state index is 0.00354. The average molecular weight is 520 g/mol. The maximum Gasteiger partial charge on any atom is 0.336 e. The first-order valence-corrected chi connectivity index (χ1v) is 13.2. The van der Waals surface area contributed by atoms with Crippen molar-refractivity contribution in [1.82, 2.24) is 5.32 Å². The second kappa shape index (κ2) is 11.8. The van der Waals surface area contributed by atoms with E-state index in [2.05, 4.69) is 5.32 Å². The molecule has 0 bridgehead atoms. The van der Waals surface area contributed by atoms with Crippen LogP contribution in [-0.2, 0) is 14.3 Å². The molecular weight excluding hydrogens is 482 g/mol. The normalized spacial score (nSPS) is 19.2. The summed E-state index contributed by atoms with van der Waals surface area (Å²) in [5, 5.41) is 3.41. The zero-order valence-electron chi connectivity index (χ0n) is 23.1. The Labute approximate surface area is 224 Å². The molecule has 0 radical (unpaired) electrons. The fourth-order valence-corrected chi connectivity index (χ4v) is 5.32. The van der Waals surface area contributed by atoms with Crippen LogP contribution in [0.5, 0.6) is 17.2 Å². The number of nitrogens with one attached hydrogen (secondary N) is 1. The van der Waals surface area contributed by atoms with Crippen LogP contribution in [0.15, 0.2) is 65.0 Å². The molecule has 1 aliphatic heterocycles. The van der Waals surface area contributed by atoms with Gasteiger partial charge in [-0.15, -0.1) is 0 Å². The van der Waals surface area contributed by atoms with Crippen molar-refractivity contribution in [2.45, 2.75) is 64.9 Å². The number of esters is 1. The quantitative estimate of drug-likeness (QED) is 0.419. The van der Waals surface area contributed by atoms with Crippen LogP contribution in [0.4, 0.5) is 0 Å². The Morgan fingerprint density at radius 2 is 1.76 bits per heavy atom. The fourth-order valence-electron chi connectivity index (χ4n) is 5.32. The maximum absolute atomic E-state index is 13.9. The predicted octanol–water partition coefficient (Wildman–Crippen LogP) is 5.81. The third-order valence-corrected chi connectivity index (χ3v) is 6.96. The molecule has 0 unspecified atom stereocenters. The van der Waals surface area contributed by atoms with Crippen LogP contribution in [0.1, 0.15) is 69.9 Å². The summed E-state index contributed by atoms with van der Waals surface area (Å²) in [4.78, 5) is 27.3. The van der Waals surface area contributed by atoms with E-state index in [4.69, 9.17) is 18.9 Å². The molecule has 2 aromatic rings. The Morgan fingerprint density at radius 1 is 1.03 bits per heavy atom. The summed E-state index contributed by atoms with van der Waals surface area (Å²) in [5.74, 6) is 0.888. The van der Waals surface area contributed by atoms with E-state index in [1.165, 1.54) is 0 Å². The van der Waals surface area contributed by atoms with Crippen LogP contribution in [0.25, 0.3) is 0 Å². The Hall–Kier alpha value is -3.74. The summed E-state index contributed by atoms with van der Waals surface area (Å²) < 4.78 is 22.6. The number of carbonyl (C=O) groups excluding carboxylic acids is 2. The Morgan fingerprint density at radius 3 is 2.45 bits per heavy atom. The number of ketones is 1. The van der Waals surface area contributed by atoms with Crippen molar-refractivity contribution >= 4 is 11.8 Å². The van der Waals surface area contributed by atoms with Gasteiger partial charge in [0, 0.05) is 29.0 Å². The number of benzene rings is 2. The predicted molar refractivity (Wildman–Crippen MR) is 146 cm³/mol. The number of hydrogen-bond donors (Lipinski definition) is 1. The molecule has 0 aromatic heterocycles. The highest BCUT2D eigenvalue weighted by atomic mass is 16.5. The average Bonchev–Trinajstić information content (AvgIpc) is 2.90. The first-order chi connectivity index (χ1) is 18.3. The van der Waals surface area contributed by atoms with Crippen LogP contribution in [0.2, 0.25) is 0 Å². The highest BCUT2D eigenvalue weighted by molar-refractivity contribution is 6.04. The van der Waals surface area contributed by atoms with E-state index in [9.17, 15) is 9.59 Å². The van der Waals surface area contributed by atoms with Crippen molar-refractivity contribution in [1.29, 1.82) is 0 Å². The number of ether oxygens (including phenoxy) is 4. The number of hydrogen-bond acceptors (Lipinski definition) is 7. The monoisotopic (exact) mass is 519 g/mol. The molecule has 2 aromatic carbocycles. The molecule has 1 aliphatic carbocycles. The van der Waals surface area contributed by atoms with Gasteiger partial charge in [0.15, 0.2) is 17.3 Å². The van der Waals surface area contributed by atoms with Gasteiger partial charge in [0.05, 0.1) is 38.4 Å². The molecule has 7 nitrogen and oxygen atoms in total. The summed E-state index contributed by atoms with van der Waals surface area (Å²) in [6.07, 6.45) is 1.58. The summed E-state index contributed by atoms with van der Waals surface area (Å²) in [6.45, 7) is 8.06. The standard InChI is InChI=1S/C31H37NO6/c1-7-14-37-31(34)28-19(4)32-23-15-21(20-12-13-26(35-5)27(17-20)36-6)16-24(33)30(23)29(28)22-10-8-9-11-25(22)38-18(2)3/h8-13,17-18,21,29,32H,7,14-16H2,1-6H3/t21-,29-/m1/s1. The summed E-state index contributed by atoms with van der Waals surface area (Å²) >= 11 is 0. The first kappa shape index (κ1) is 27.3. The van der Waals surface area contributed by atoms with Crippen molar-refractivity contribution in [3.05, 3.63) is 76.1 Å². The van der Waals surface area contributed by atoms with E-state index in [0.29, 0.717) is 60.0 Å². The lowest BCUT2D eigenvalue weighted by atomic mass is 9.71. The maximum atomic E-state index is 13.9. The van der Waals surface area contributed by atoms with Crippen molar-refractivity contribution in [3.8, 4) is 17.2 Å². The summed E-state index contributed by atoms with van der Waals surface area (Å²) in [5.41, 5.74) is 4.37. The van der Waals surface area contributed by atoms with Crippen molar-refractivity contribution in [2.75, 3.05) is 20.8 Å². The summed E-state index contributed by atoms with van der Waals surface area (Å²) in [7, 11) is 3.20. The van der Waals surface area contributed by atoms with E-state index < -0.39 is 11.9 Å². The Balaban J connectivity index is 1.80. The largest absolute Gasteiger partial charge is 0.493 e. The van der Waals surface area contributed by atoms with Crippen LogP contribution in [0.3, 0.4) is 0 Å². The van der Waals surface area contributed by atoms with E-state index in [1.54, 1.807) is 14.2 Å². The van der Waals surface area contributed by atoms with Crippen molar-refractivity contribution in [3.63, 3.8) is 0 Å². The third kappa shape index (κ3) is 5.42. The van der Waals surface area contributed by atoms with E-state index >= 15 is 0 Å². The molecule has 2 atom stereocenters. The van der Waals surface area contributed by atoms with Crippen molar-refractivity contribution in [2.24, 2.45) is 0 Å². The van der Waals surface area contributed by atoms with Gasteiger partial charge < -0.3 is 24.3 Å². The number of carbonyl (C=O) groups is 2. The SMILES string of the molecule is CCCOC(=O)C1=C(C)NC2=C(C(=O)C[C@H](c3ccc(OC)c(OC)c3)C2)[C@@H]1c1ccccc1OC(C)C. The topological polar surface area (TPSA) is 83.1 Å². The minimum Gasteiger partial charge on any atom is -0.493 e. The fraction of sp³-hybridized carbons (Fsp3) is 0.419. The number of Topliss-reactive ketones (excluding diaryl/α,β-unsaturated/α-hetero) is 1. The molecule has 0 amide bonds. The van der Waals surface area contributed by atoms with Crippen LogP contribution < -0.4 is 19.5 Å². The molecule has 4 rings (SSSR count). The number of rotatable bonds is 9. The van der Waals surface area contributed by atoms with E-state index in [0.717, 1.165) is 16.8 Å². The van der Waals surface area contributed by atoms with Gasteiger partial charge in [-0.3, -0.25) is 4.79 Å². The van der Waals surface area contributed by atoms with Gasteiger partial charge in [-0.1, -0.05) is 31.2 Å². The van der Waals surface area contributed by atoms with Crippen LogP contribution in [-0.4, -0.2) is 38.7 Å². The second-order valence-electron chi connectivity index (χ2n) is 9.97. The smallest absolute Gasteiger partial charge is 0.336 e. The molecule has 1 heterocycles. The lowest BCUT2D eigenvalue weighted by Crippen LogP contribution is -2.36. The van der Waals surface area contributed by atoms with Gasteiger partial charge in [-0.25, -0.2) is 4.79 Å². The Kier molecular flexibility index (Phi) is 8.45. The summed E-state index contributed by atoms with van der Waals surface area (Å²) in [6, 6.07) is 13.4. The lowest BCUT2D eigenvalue weighted by Gasteiger charge is -2.37. The third-order valence-electron chi connectivity index (χ3n) is 6.96. The van der Waals surface area contributed by atoms with Gasteiger partial charge in [0.1, 0.15) is 5.75 Å². The highest BCUT2D eigenvalue weighted by Crippen LogP contribution is 2.48. The molecule has 38 heavy (non-hydrogen) atoms. The molecule has 0 fully saturated rings. The van der Waals surface area contributed by atoms with Gasteiger partial charge in [0.2, 0.25) is 0 Å². The number of dihydropyridines is 1. The molecule has 0 saturated carbocycles. The Bertz CT molecular complexity index is 1270. The number of methoxy groups -OCH3 is 2. The van der Waals surface area contributed by atoms with Crippen molar-refractivity contribution < 1.29 is 28.5 Å². The molecule has 0 saturated heterocycles. The zero-order chi connectivity index (χ0) is 27.4. The second-order valence-corrected chi connectivity index (χ2v) is 9.97. The van der Waals surface area contributed by atoms with E-state index in [1.807, 2.05) is 70.2 Å². The first-order valence-electron chi connectivity index (χ1n) is 13.2. The highest BCUT2D eigenvalue weighted by Gasteiger charge is 2.42.